The number of nitrogens with one attached hydrogen (secondary N) is 2. The summed E-state index contributed by atoms with van der Waals surface area (Å²) < 4.78 is 43.9. The maximum atomic E-state index is 13.1. The molecule has 0 atom stereocenters. The lowest BCUT2D eigenvalue weighted by Gasteiger charge is -2.14. The fourth-order valence-corrected chi connectivity index (χ4v) is 4.32. The maximum Gasteiger partial charge on any atom is 0.337 e. The molecule has 3 rings (SSSR count). The van der Waals surface area contributed by atoms with E-state index in [2.05, 4.69) is 14.8 Å². The molecule has 2 N–H and O–H groups in total. The fourth-order valence-electron chi connectivity index (χ4n) is 3.07. The molecule has 0 radical (unpaired) electrons. The first-order valence-electron chi connectivity index (χ1n) is 10.2. The van der Waals surface area contributed by atoms with E-state index in [0.717, 1.165) is 0 Å². The highest BCUT2D eigenvalue weighted by Crippen LogP contribution is 2.29. The Morgan fingerprint density at radius 3 is 2.21 bits per heavy atom. The van der Waals surface area contributed by atoms with Crippen molar-refractivity contribution in [2.75, 3.05) is 30.9 Å². The van der Waals surface area contributed by atoms with Crippen molar-refractivity contribution in [3.05, 3.63) is 77.9 Å². The van der Waals surface area contributed by atoms with Gasteiger partial charge in [-0.3, -0.25) is 9.52 Å². The van der Waals surface area contributed by atoms with Crippen LogP contribution in [0.2, 0.25) is 0 Å². The number of benzene rings is 3. The van der Waals surface area contributed by atoms with E-state index >= 15 is 0 Å². The molecule has 0 saturated carbocycles. The standard InChI is InChI=1S/C24H24N2O7S/c1-4-33-20-11-8-18(9-12-20)26-34(29,30)22-15-19(10-13-21(22)31-2)25-23(27)16-6-5-7-17(14-16)24(28)32-3/h5-15,26H,4H2,1-3H3,(H,25,27). The van der Waals surface area contributed by atoms with Crippen LogP contribution in [0.1, 0.15) is 27.6 Å². The van der Waals surface area contributed by atoms with E-state index in [9.17, 15) is 18.0 Å². The molecule has 0 aliphatic heterocycles. The largest absolute Gasteiger partial charge is 0.495 e. The summed E-state index contributed by atoms with van der Waals surface area (Å²) in [6, 6.07) is 16.7. The number of carbonyl (C=O) groups excluding carboxylic acids is 2. The van der Waals surface area contributed by atoms with Gasteiger partial charge in [0.2, 0.25) is 0 Å². The van der Waals surface area contributed by atoms with Crippen LogP contribution in [0.3, 0.4) is 0 Å². The van der Waals surface area contributed by atoms with Gasteiger partial charge in [-0.05, 0) is 67.6 Å². The van der Waals surface area contributed by atoms with Crippen molar-refractivity contribution in [2.45, 2.75) is 11.8 Å². The van der Waals surface area contributed by atoms with Crippen molar-refractivity contribution < 1.29 is 32.2 Å². The maximum absolute atomic E-state index is 13.1. The second-order valence-corrected chi connectivity index (χ2v) is 8.61. The molecule has 9 nitrogen and oxygen atoms in total. The minimum Gasteiger partial charge on any atom is -0.495 e. The molecule has 0 bridgehead atoms. The summed E-state index contributed by atoms with van der Waals surface area (Å²) in [5.74, 6) is -0.389. The summed E-state index contributed by atoms with van der Waals surface area (Å²) >= 11 is 0. The molecule has 0 unspecified atom stereocenters. The molecule has 34 heavy (non-hydrogen) atoms. The van der Waals surface area contributed by atoms with Gasteiger partial charge in [-0.25, -0.2) is 13.2 Å². The fraction of sp³-hybridized carbons (Fsp3) is 0.167. The monoisotopic (exact) mass is 484 g/mol. The normalized spacial score (nSPS) is 10.8. The van der Waals surface area contributed by atoms with Gasteiger partial charge in [-0.15, -0.1) is 0 Å². The average Bonchev–Trinajstić information content (AvgIpc) is 2.84. The molecule has 3 aromatic carbocycles. The molecule has 178 valence electrons. The summed E-state index contributed by atoms with van der Waals surface area (Å²) in [5, 5.41) is 2.64. The van der Waals surface area contributed by atoms with Gasteiger partial charge in [0, 0.05) is 16.9 Å². The Morgan fingerprint density at radius 2 is 1.56 bits per heavy atom. The Morgan fingerprint density at radius 1 is 0.882 bits per heavy atom. The van der Waals surface area contributed by atoms with Gasteiger partial charge in [-0.2, -0.15) is 0 Å². The first kappa shape index (κ1) is 24.6. The van der Waals surface area contributed by atoms with Crippen LogP contribution in [0.5, 0.6) is 11.5 Å². The Kier molecular flexibility index (Phi) is 7.75. The molecule has 0 saturated heterocycles. The van der Waals surface area contributed by atoms with Crippen LogP contribution < -0.4 is 19.5 Å². The molecule has 3 aromatic rings. The number of anilines is 2. The Balaban J connectivity index is 1.85. The third kappa shape index (κ3) is 5.84. The summed E-state index contributed by atoms with van der Waals surface area (Å²) in [5.41, 5.74) is 0.976. The summed E-state index contributed by atoms with van der Waals surface area (Å²) in [6.45, 7) is 2.35. The Hall–Kier alpha value is -4.05. The number of ether oxygens (including phenoxy) is 3. The number of sulfonamides is 1. The summed E-state index contributed by atoms with van der Waals surface area (Å²) in [7, 11) is -1.46. The third-order valence-electron chi connectivity index (χ3n) is 4.67. The second kappa shape index (κ2) is 10.7. The zero-order valence-corrected chi connectivity index (χ0v) is 19.6. The average molecular weight is 485 g/mol. The Bertz CT molecular complexity index is 1290. The molecule has 0 heterocycles. The number of hydrogen-bond donors (Lipinski definition) is 2. The predicted octanol–water partition coefficient (Wildman–Crippen LogP) is 3.93. The van der Waals surface area contributed by atoms with Crippen molar-refractivity contribution in [3.8, 4) is 11.5 Å². The highest BCUT2D eigenvalue weighted by molar-refractivity contribution is 7.92. The highest BCUT2D eigenvalue weighted by atomic mass is 32.2. The van der Waals surface area contributed by atoms with E-state index in [1.54, 1.807) is 30.3 Å². The number of methoxy groups -OCH3 is 2. The summed E-state index contributed by atoms with van der Waals surface area (Å²) in [4.78, 5) is 24.3. The van der Waals surface area contributed by atoms with Crippen LogP contribution in [0.4, 0.5) is 11.4 Å². The van der Waals surface area contributed by atoms with Crippen LogP contribution in [0.15, 0.2) is 71.6 Å². The number of hydrogen-bond acceptors (Lipinski definition) is 7. The zero-order valence-electron chi connectivity index (χ0n) is 18.8. The first-order valence-corrected chi connectivity index (χ1v) is 11.7. The number of carbonyl (C=O) groups is 2. The van der Waals surface area contributed by atoms with Gasteiger partial charge in [-0.1, -0.05) is 6.07 Å². The molecule has 0 aliphatic rings. The van der Waals surface area contributed by atoms with E-state index in [-0.39, 0.29) is 27.5 Å². The third-order valence-corrected chi connectivity index (χ3v) is 6.08. The van der Waals surface area contributed by atoms with Gasteiger partial charge >= 0.3 is 5.97 Å². The van der Waals surface area contributed by atoms with Crippen molar-refractivity contribution in [3.63, 3.8) is 0 Å². The molecule has 0 aliphatic carbocycles. The van der Waals surface area contributed by atoms with E-state index in [1.165, 1.54) is 50.6 Å². The molecular formula is C24H24N2O7S. The van der Waals surface area contributed by atoms with Crippen LogP contribution in [-0.2, 0) is 14.8 Å². The van der Waals surface area contributed by atoms with Gasteiger partial charge in [0.05, 0.1) is 26.4 Å². The van der Waals surface area contributed by atoms with E-state index in [4.69, 9.17) is 9.47 Å². The SMILES string of the molecule is CCOc1ccc(NS(=O)(=O)c2cc(NC(=O)c3cccc(C(=O)OC)c3)ccc2OC)cc1. The van der Waals surface area contributed by atoms with Crippen LogP contribution in [0.25, 0.3) is 0 Å². The van der Waals surface area contributed by atoms with Crippen molar-refractivity contribution in [1.82, 2.24) is 0 Å². The van der Waals surface area contributed by atoms with Crippen LogP contribution in [-0.4, -0.2) is 41.1 Å². The summed E-state index contributed by atoms with van der Waals surface area (Å²) in [6.07, 6.45) is 0. The molecule has 1 amide bonds. The number of rotatable bonds is 9. The zero-order chi connectivity index (χ0) is 24.7. The first-order chi connectivity index (χ1) is 16.3. The highest BCUT2D eigenvalue weighted by Gasteiger charge is 2.21. The lowest BCUT2D eigenvalue weighted by molar-refractivity contribution is 0.0600. The lowest BCUT2D eigenvalue weighted by Crippen LogP contribution is -2.16. The Labute approximate surface area is 197 Å². The smallest absolute Gasteiger partial charge is 0.337 e. The van der Waals surface area contributed by atoms with Gasteiger partial charge in [0.25, 0.3) is 15.9 Å². The number of amides is 1. The molecule has 0 spiro atoms. The van der Waals surface area contributed by atoms with Crippen LogP contribution >= 0.6 is 0 Å². The van der Waals surface area contributed by atoms with Crippen molar-refractivity contribution in [1.29, 1.82) is 0 Å². The van der Waals surface area contributed by atoms with Crippen LogP contribution in [0, 0.1) is 0 Å². The number of esters is 1. The van der Waals surface area contributed by atoms with Gasteiger partial charge in [0.15, 0.2) is 0 Å². The molecule has 0 fully saturated rings. The van der Waals surface area contributed by atoms with Crippen molar-refractivity contribution in [2.24, 2.45) is 0 Å². The lowest BCUT2D eigenvalue weighted by atomic mass is 10.1. The minimum atomic E-state index is -4.05. The predicted molar refractivity (Wildman–Crippen MR) is 127 cm³/mol. The topological polar surface area (TPSA) is 120 Å². The molecule has 0 aromatic heterocycles. The second-order valence-electron chi connectivity index (χ2n) is 6.96. The van der Waals surface area contributed by atoms with Gasteiger partial charge < -0.3 is 19.5 Å². The van der Waals surface area contributed by atoms with Crippen molar-refractivity contribution >= 4 is 33.3 Å². The molecule has 10 heteroatoms. The molecular weight excluding hydrogens is 460 g/mol. The van der Waals surface area contributed by atoms with E-state index in [1.807, 2.05) is 6.92 Å². The minimum absolute atomic E-state index is 0.101. The van der Waals surface area contributed by atoms with Gasteiger partial charge in [0.1, 0.15) is 16.4 Å². The van der Waals surface area contributed by atoms with E-state index in [0.29, 0.717) is 18.0 Å². The quantitative estimate of drug-likeness (QED) is 0.442. The van der Waals surface area contributed by atoms with E-state index < -0.39 is 21.9 Å².